The van der Waals surface area contributed by atoms with Gasteiger partial charge in [0, 0.05) is 13.1 Å². The average molecular weight is 232 g/mol. The Balaban J connectivity index is 2.60. The molecule has 0 fully saturated rings. The number of nitrogens with zero attached hydrogens (tertiary/aromatic N) is 2. The third-order valence-corrected chi connectivity index (χ3v) is 3.19. The van der Waals surface area contributed by atoms with Gasteiger partial charge in [0.25, 0.3) is 10.0 Å². The fourth-order valence-corrected chi connectivity index (χ4v) is 2.01. The highest BCUT2D eigenvalue weighted by atomic mass is 32.2. The van der Waals surface area contributed by atoms with Gasteiger partial charge in [-0.1, -0.05) is 0 Å². The van der Waals surface area contributed by atoms with E-state index >= 15 is 0 Å². The number of sulfonamides is 1. The van der Waals surface area contributed by atoms with Crippen molar-refractivity contribution in [1.29, 1.82) is 0 Å². The minimum absolute atomic E-state index is 0.110. The van der Waals surface area contributed by atoms with Crippen LogP contribution in [-0.2, 0) is 10.0 Å². The molecule has 0 radical (unpaired) electrons. The summed E-state index contributed by atoms with van der Waals surface area (Å²) in [5.41, 5.74) is 0. The Hall–Kier alpha value is -0.920. The summed E-state index contributed by atoms with van der Waals surface area (Å²) in [4.78, 5) is 8.42. The van der Waals surface area contributed by atoms with Crippen LogP contribution in [0.3, 0.4) is 0 Å². The van der Waals surface area contributed by atoms with Gasteiger partial charge < -0.3 is 9.88 Å². The second-order valence-corrected chi connectivity index (χ2v) is 5.27. The van der Waals surface area contributed by atoms with E-state index in [2.05, 4.69) is 14.7 Å². The predicted molar refractivity (Wildman–Crippen MR) is 57.1 cm³/mol. The van der Waals surface area contributed by atoms with Crippen molar-refractivity contribution in [3.8, 4) is 0 Å². The van der Waals surface area contributed by atoms with Crippen LogP contribution in [0.5, 0.6) is 0 Å². The first-order valence-electron chi connectivity index (χ1n) is 4.58. The molecule has 0 aliphatic carbocycles. The molecule has 0 unspecified atom stereocenters. The minimum atomic E-state index is -3.43. The minimum Gasteiger partial charge on any atom is -0.332 e. The Morgan fingerprint density at radius 2 is 2.20 bits per heavy atom. The maximum absolute atomic E-state index is 11.6. The molecule has 0 aromatic carbocycles. The van der Waals surface area contributed by atoms with Crippen LogP contribution in [0, 0.1) is 6.92 Å². The molecule has 7 heteroatoms. The number of aryl methyl sites for hydroxylation is 1. The van der Waals surface area contributed by atoms with E-state index in [9.17, 15) is 8.42 Å². The number of H-pyrrole nitrogens is 1. The van der Waals surface area contributed by atoms with Crippen molar-refractivity contribution >= 4 is 10.0 Å². The summed E-state index contributed by atoms with van der Waals surface area (Å²) in [6.07, 6.45) is 1.31. The highest BCUT2D eigenvalue weighted by molar-refractivity contribution is 7.89. The van der Waals surface area contributed by atoms with Gasteiger partial charge in [0.2, 0.25) is 0 Å². The third-order valence-electron chi connectivity index (χ3n) is 1.82. The lowest BCUT2D eigenvalue weighted by Crippen LogP contribution is -2.31. The number of aromatic nitrogens is 2. The zero-order valence-electron chi connectivity index (χ0n) is 9.11. The maximum atomic E-state index is 11.6. The number of hydrogen-bond acceptors (Lipinski definition) is 4. The topological polar surface area (TPSA) is 78.1 Å². The largest absolute Gasteiger partial charge is 0.332 e. The van der Waals surface area contributed by atoms with Crippen molar-refractivity contribution in [3.05, 3.63) is 12.0 Å². The summed E-state index contributed by atoms with van der Waals surface area (Å²) < 4.78 is 25.7. The molecule has 0 saturated carbocycles. The third kappa shape index (κ3) is 3.61. The molecular formula is C8H16N4O2S. The Morgan fingerprint density at radius 3 is 2.67 bits per heavy atom. The summed E-state index contributed by atoms with van der Waals surface area (Å²) in [7, 11) is 0.337. The molecule has 15 heavy (non-hydrogen) atoms. The van der Waals surface area contributed by atoms with Crippen molar-refractivity contribution in [2.75, 3.05) is 27.2 Å². The number of imidazole rings is 1. The van der Waals surface area contributed by atoms with Crippen molar-refractivity contribution in [3.63, 3.8) is 0 Å². The lowest BCUT2D eigenvalue weighted by Gasteiger charge is -2.09. The zero-order valence-corrected chi connectivity index (χ0v) is 9.93. The molecule has 0 aliphatic rings. The number of aromatic amines is 1. The molecule has 1 aromatic rings. The van der Waals surface area contributed by atoms with E-state index < -0.39 is 10.0 Å². The van der Waals surface area contributed by atoms with Gasteiger partial charge in [0.05, 0.1) is 6.20 Å². The Labute approximate surface area is 89.8 Å². The highest BCUT2D eigenvalue weighted by Gasteiger charge is 2.15. The van der Waals surface area contributed by atoms with Gasteiger partial charge in [-0.25, -0.2) is 18.1 Å². The second kappa shape index (κ2) is 4.73. The Bertz CT molecular complexity index is 410. The van der Waals surface area contributed by atoms with Crippen LogP contribution in [0.15, 0.2) is 11.2 Å². The maximum Gasteiger partial charge on any atom is 0.257 e. The number of likely N-dealkylation sites (N-methyl/N-ethyl adjacent to an activating group) is 1. The Kier molecular flexibility index (Phi) is 3.83. The molecule has 0 saturated heterocycles. The molecular weight excluding hydrogens is 216 g/mol. The fourth-order valence-electron chi connectivity index (χ4n) is 1.02. The van der Waals surface area contributed by atoms with Crippen LogP contribution >= 0.6 is 0 Å². The van der Waals surface area contributed by atoms with Crippen LogP contribution in [-0.4, -0.2) is 50.5 Å². The van der Waals surface area contributed by atoms with E-state index in [4.69, 9.17) is 0 Å². The number of rotatable bonds is 5. The second-order valence-electron chi connectivity index (χ2n) is 3.53. The zero-order chi connectivity index (χ0) is 11.5. The highest BCUT2D eigenvalue weighted by Crippen LogP contribution is 2.03. The van der Waals surface area contributed by atoms with Crippen LogP contribution in [0.25, 0.3) is 0 Å². The van der Waals surface area contributed by atoms with Crippen LogP contribution in [0.4, 0.5) is 0 Å². The molecule has 0 atom stereocenters. The van der Waals surface area contributed by atoms with Crippen LogP contribution in [0.1, 0.15) is 5.82 Å². The molecule has 0 spiro atoms. The predicted octanol–water partition coefficient (Wildman–Crippen LogP) is -0.442. The SMILES string of the molecule is Cc1ncc(S(=O)(=O)NCCN(C)C)[nH]1. The molecule has 1 rings (SSSR count). The molecule has 0 bridgehead atoms. The van der Waals surface area contributed by atoms with E-state index in [1.807, 2.05) is 19.0 Å². The van der Waals surface area contributed by atoms with Gasteiger partial charge >= 0.3 is 0 Å². The quantitative estimate of drug-likeness (QED) is 0.721. The van der Waals surface area contributed by atoms with Crippen LogP contribution in [0.2, 0.25) is 0 Å². The monoisotopic (exact) mass is 232 g/mol. The summed E-state index contributed by atoms with van der Waals surface area (Å²) in [5.74, 6) is 0.586. The van der Waals surface area contributed by atoms with Crippen molar-refractivity contribution in [2.24, 2.45) is 0 Å². The van der Waals surface area contributed by atoms with Crippen molar-refractivity contribution < 1.29 is 8.42 Å². The Morgan fingerprint density at radius 1 is 1.53 bits per heavy atom. The fraction of sp³-hybridized carbons (Fsp3) is 0.625. The lowest BCUT2D eigenvalue weighted by atomic mass is 10.6. The van der Waals surface area contributed by atoms with Gasteiger partial charge in [-0.3, -0.25) is 0 Å². The van der Waals surface area contributed by atoms with Crippen molar-refractivity contribution in [2.45, 2.75) is 11.9 Å². The van der Waals surface area contributed by atoms with E-state index in [1.54, 1.807) is 6.92 Å². The summed E-state index contributed by atoms with van der Waals surface area (Å²) in [5, 5.41) is 0.110. The molecule has 0 aliphatic heterocycles. The first-order valence-corrected chi connectivity index (χ1v) is 6.06. The van der Waals surface area contributed by atoms with Gasteiger partial charge in [0.1, 0.15) is 5.82 Å². The standard InChI is InChI=1S/C8H16N4O2S/c1-7-9-6-8(11-7)15(13,14)10-4-5-12(2)3/h6,10H,4-5H2,1-3H3,(H,9,11). The number of nitrogens with one attached hydrogen (secondary N) is 2. The van der Waals surface area contributed by atoms with Gasteiger partial charge in [-0.15, -0.1) is 0 Å². The lowest BCUT2D eigenvalue weighted by molar-refractivity contribution is 0.412. The first-order chi connectivity index (χ1) is 6.92. The normalized spacial score (nSPS) is 12.3. The van der Waals surface area contributed by atoms with Gasteiger partial charge in [0.15, 0.2) is 5.03 Å². The molecule has 1 heterocycles. The smallest absolute Gasteiger partial charge is 0.257 e. The molecule has 0 amide bonds. The summed E-state index contributed by atoms with van der Waals surface area (Å²) in [6, 6.07) is 0. The van der Waals surface area contributed by atoms with Gasteiger partial charge in [-0.05, 0) is 21.0 Å². The summed E-state index contributed by atoms with van der Waals surface area (Å²) >= 11 is 0. The first kappa shape index (κ1) is 12.2. The molecule has 6 nitrogen and oxygen atoms in total. The number of hydrogen-bond donors (Lipinski definition) is 2. The van der Waals surface area contributed by atoms with E-state index in [0.29, 0.717) is 18.9 Å². The average Bonchev–Trinajstić information content (AvgIpc) is 2.51. The van der Waals surface area contributed by atoms with Crippen molar-refractivity contribution in [1.82, 2.24) is 19.6 Å². The van der Waals surface area contributed by atoms with E-state index in [-0.39, 0.29) is 5.03 Å². The van der Waals surface area contributed by atoms with E-state index in [0.717, 1.165) is 0 Å². The van der Waals surface area contributed by atoms with E-state index in [1.165, 1.54) is 6.20 Å². The molecule has 2 N–H and O–H groups in total. The summed E-state index contributed by atoms with van der Waals surface area (Å²) in [6.45, 7) is 2.75. The van der Waals surface area contributed by atoms with Crippen LogP contribution < -0.4 is 4.72 Å². The van der Waals surface area contributed by atoms with Gasteiger partial charge in [-0.2, -0.15) is 0 Å². The molecule has 1 aromatic heterocycles. The molecule has 86 valence electrons.